The second-order valence-electron chi connectivity index (χ2n) is 7.66. The molecule has 0 radical (unpaired) electrons. The van der Waals surface area contributed by atoms with Crippen molar-refractivity contribution in [2.75, 3.05) is 12.8 Å². The number of ether oxygens (including phenoxy) is 1. The maximum atomic E-state index is 13.4. The van der Waals surface area contributed by atoms with Crippen LogP contribution in [-0.4, -0.2) is 21.6 Å². The Balaban J connectivity index is 1.82. The van der Waals surface area contributed by atoms with E-state index in [-0.39, 0.29) is 11.5 Å². The minimum Gasteiger partial charge on any atom is -0.493 e. The van der Waals surface area contributed by atoms with Crippen LogP contribution < -0.4 is 16.0 Å². The Bertz CT molecular complexity index is 1630. The highest BCUT2D eigenvalue weighted by atomic mass is 19.4. The number of pyridine rings is 3. The van der Waals surface area contributed by atoms with E-state index in [4.69, 9.17) is 10.5 Å². The average Bonchev–Trinajstić information content (AvgIpc) is 2.83. The molecule has 0 atom stereocenters. The van der Waals surface area contributed by atoms with Gasteiger partial charge in [0.25, 0.3) is 5.56 Å². The van der Waals surface area contributed by atoms with Gasteiger partial charge in [-0.3, -0.25) is 14.3 Å². The third-order valence-corrected chi connectivity index (χ3v) is 5.58. The average molecular weight is 462 g/mol. The van der Waals surface area contributed by atoms with Gasteiger partial charge < -0.3 is 10.5 Å². The molecule has 170 valence electrons. The fraction of sp³-hybridized carbons (Fsp3) is 0.0800. The van der Waals surface area contributed by atoms with Crippen molar-refractivity contribution in [1.82, 2.24) is 14.5 Å². The summed E-state index contributed by atoms with van der Waals surface area (Å²) in [5, 5.41) is 1.20. The summed E-state index contributed by atoms with van der Waals surface area (Å²) in [4.78, 5) is 21.5. The first-order chi connectivity index (χ1) is 16.3. The first-order valence-electron chi connectivity index (χ1n) is 10.2. The molecule has 0 bridgehead atoms. The van der Waals surface area contributed by atoms with Gasteiger partial charge >= 0.3 is 6.18 Å². The van der Waals surface area contributed by atoms with Crippen LogP contribution >= 0.6 is 0 Å². The van der Waals surface area contributed by atoms with Crippen molar-refractivity contribution in [3.63, 3.8) is 0 Å². The molecule has 5 aromatic rings. The molecule has 9 heteroatoms. The number of halogens is 3. The molecular formula is C25H17F3N4O2. The molecule has 0 amide bonds. The van der Waals surface area contributed by atoms with E-state index >= 15 is 0 Å². The number of alkyl halides is 3. The van der Waals surface area contributed by atoms with Crippen molar-refractivity contribution < 1.29 is 17.9 Å². The molecule has 34 heavy (non-hydrogen) atoms. The first-order valence-corrected chi connectivity index (χ1v) is 10.2. The molecule has 0 aliphatic heterocycles. The quantitative estimate of drug-likeness (QED) is 0.372. The summed E-state index contributed by atoms with van der Waals surface area (Å²) in [6.07, 6.45) is -1.35. The smallest absolute Gasteiger partial charge is 0.416 e. The minimum absolute atomic E-state index is 0.110. The molecule has 3 aromatic heterocycles. The van der Waals surface area contributed by atoms with Crippen molar-refractivity contribution in [2.24, 2.45) is 0 Å². The molecule has 0 saturated carbocycles. The van der Waals surface area contributed by atoms with Gasteiger partial charge in [0.05, 0.1) is 23.7 Å². The predicted molar refractivity (Wildman–Crippen MR) is 124 cm³/mol. The number of methoxy groups -OCH3 is 1. The lowest BCUT2D eigenvalue weighted by atomic mass is 10.0. The van der Waals surface area contributed by atoms with E-state index in [2.05, 4.69) is 9.97 Å². The van der Waals surface area contributed by atoms with E-state index in [1.807, 2.05) is 12.1 Å². The number of benzene rings is 2. The van der Waals surface area contributed by atoms with Crippen molar-refractivity contribution >= 4 is 27.6 Å². The third-order valence-electron chi connectivity index (χ3n) is 5.58. The Morgan fingerprint density at radius 2 is 1.76 bits per heavy atom. The number of anilines is 1. The molecule has 0 spiro atoms. The van der Waals surface area contributed by atoms with E-state index < -0.39 is 17.3 Å². The molecule has 2 aromatic carbocycles. The Morgan fingerprint density at radius 3 is 2.53 bits per heavy atom. The molecule has 5 rings (SSSR count). The highest BCUT2D eigenvalue weighted by Gasteiger charge is 2.30. The molecular weight excluding hydrogens is 445 g/mol. The lowest BCUT2D eigenvalue weighted by Gasteiger charge is -2.15. The zero-order valence-electron chi connectivity index (χ0n) is 17.8. The number of hydrogen-bond acceptors (Lipinski definition) is 5. The van der Waals surface area contributed by atoms with Gasteiger partial charge in [0.2, 0.25) is 0 Å². The van der Waals surface area contributed by atoms with Crippen molar-refractivity contribution in [3.05, 3.63) is 89.0 Å². The van der Waals surface area contributed by atoms with Gasteiger partial charge in [-0.2, -0.15) is 13.2 Å². The Morgan fingerprint density at radius 1 is 0.941 bits per heavy atom. The SMILES string of the molecule is COc1cc(-c2ccc3ncc4ccc(=O)n(-c5cccc(C(F)(F)F)c5)c4c3c2)cnc1N. The summed E-state index contributed by atoms with van der Waals surface area (Å²) >= 11 is 0. The van der Waals surface area contributed by atoms with Gasteiger partial charge in [0.1, 0.15) is 0 Å². The third kappa shape index (κ3) is 3.61. The predicted octanol–water partition coefficient (Wildman–Crippen LogP) is 5.21. The van der Waals surface area contributed by atoms with Crippen LogP contribution in [0.2, 0.25) is 0 Å². The fourth-order valence-corrected chi connectivity index (χ4v) is 3.95. The number of nitrogens with two attached hydrogens (primary N) is 1. The number of hydrogen-bond donors (Lipinski definition) is 1. The Kier molecular flexibility index (Phi) is 4.97. The van der Waals surface area contributed by atoms with Crippen LogP contribution in [0.1, 0.15) is 5.56 Å². The van der Waals surface area contributed by atoms with Crippen LogP contribution in [0.5, 0.6) is 5.75 Å². The molecule has 0 saturated heterocycles. The standard InChI is InChI=1S/C25H17F3N4O2/c1-34-21-10-16(13-31-24(21)29)14-5-7-20-19(9-14)23-15(12-30-20)6-8-22(33)32(23)18-4-2-3-17(11-18)25(26,27)28/h2-13H,1H3,(H2,29,31). The van der Waals surface area contributed by atoms with Gasteiger partial charge in [0.15, 0.2) is 11.6 Å². The van der Waals surface area contributed by atoms with Crippen LogP contribution in [0.15, 0.2) is 77.9 Å². The minimum atomic E-state index is -4.54. The number of aromatic nitrogens is 3. The summed E-state index contributed by atoms with van der Waals surface area (Å²) in [7, 11) is 1.49. The van der Waals surface area contributed by atoms with Crippen LogP contribution in [-0.2, 0) is 6.18 Å². The molecule has 0 unspecified atom stereocenters. The van der Waals surface area contributed by atoms with Gasteiger partial charge in [0, 0.05) is 40.5 Å². The van der Waals surface area contributed by atoms with Crippen molar-refractivity contribution in [3.8, 4) is 22.6 Å². The van der Waals surface area contributed by atoms with E-state index in [1.165, 1.54) is 29.9 Å². The summed E-state index contributed by atoms with van der Waals surface area (Å²) < 4.78 is 46.6. The van der Waals surface area contributed by atoms with E-state index in [9.17, 15) is 18.0 Å². The van der Waals surface area contributed by atoms with Crippen molar-refractivity contribution in [1.29, 1.82) is 0 Å². The Labute approximate surface area is 191 Å². The van der Waals surface area contributed by atoms with Crippen molar-refractivity contribution in [2.45, 2.75) is 6.18 Å². The van der Waals surface area contributed by atoms with Gasteiger partial charge in [-0.25, -0.2) is 4.98 Å². The summed E-state index contributed by atoms with van der Waals surface area (Å²) in [5.74, 6) is 0.659. The number of nitrogen functional groups attached to an aromatic ring is 1. The van der Waals surface area contributed by atoms with E-state index in [0.29, 0.717) is 33.1 Å². The first kappa shape index (κ1) is 21.4. The summed E-state index contributed by atoms with van der Waals surface area (Å²) in [6, 6.07) is 14.8. The number of nitrogens with zero attached hydrogens (tertiary/aromatic N) is 3. The second-order valence-corrected chi connectivity index (χ2v) is 7.66. The summed E-state index contributed by atoms with van der Waals surface area (Å²) in [5.41, 5.74) is 7.14. The monoisotopic (exact) mass is 462 g/mol. The second kappa shape index (κ2) is 7.87. The lowest BCUT2D eigenvalue weighted by molar-refractivity contribution is -0.137. The lowest BCUT2D eigenvalue weighted by Crippen LogP contribution is -2.18. The van der Waals surface area contributed by atoms with Gasteiger partial charge in [-0.1, -0.05) is 12.1 Å². The van der Waals surface area contributed by atoms with Crippen LogP contribution in [0.25, 0.3) is 38.6 Å². The maximum Gasteiger partial charge on any atom is 0.416 e. The molecule has 3 heterocycles. The topological polar surface area (TPSA) is 83.0 Å². The zero-order valence-corrected chi connectivity index (χ0v) is 17.8. The molecule has 0 aliphatic carbocycles. The number of fused-ring (bicyclic) bond motifs is 3. The van der Waals surface area contributed by atoms with Gasteiger partial charge in [-0.05, 0) is 48.0 Å². The highest BCUT2D eigenvalue weighted by Crippen LogP contribution is 2.33. The molecule has 6 nitrogen and oxygen atoms in total. The fourth-order valence-electron chi connectivity index (χ4n) is 3.95. The largest absolute Gasteiger partial charge is 0.493 e. The summed E-state index contributed by atoms with van der Waals surface area (Å²) in [6.45, 7) is 0. The molecule has 0 fully saturated rings. The van der Waals surface area contributed by atoms with E-state index in [0.717, 1.165) is 17.7 Å². The zero-order chi connectivity index (χ0) is 24.0. The molecule has 0 aliphatic rings. The maximum absolute atomic E-state index is 13.4. The molecule has 2 N–H and O–H groups in total. The highest BCUT2D eigenvalue weighted by molar-refractivity contribution is 6.05. The normalized spacial score (nSPS) is 11.8. The van der Waals surface area contributed by atoms with Crippen LogP contribution in [0.4, 0.5) is 19.0 Å². The number of rotatable bonds is 3. The van der Waals surface area contributed by atoms with Crippen LogP contribution in [0, 0.1) is 0 Å². The van der Waals surface area contributed by atoms with E-state index in [1.54, 1.807) is 30.6 Å². The van der Waals surface area contributed by atoms with Gasteiger partial charge in [-0.15, -0.1) is 0 Å². The van der Waals surface area contributed by atoms with Crippen LogP contribution in [0.3, 0.4) is 0 Å². The Hall–Kier alpha value is -4.40.